The Kier molecular flexibility index (Phi) is 7.33. The van der Waals surface area contributed by atoms with E-state index in [4.69, 9.17) is 58.0 Å². The summed E-state index contributed by atoms with van der Waals surface area (Å²) in [4.78, 5) is 25.5. The second kappa shape index (κ2) is 9.83. The standard InChI is InChI=1S/C24H13Cl5F3NO2/c25-15-5-11(6-16(26)22(15)27)20-21(24(20,28)29)23(35)33-13-3-4-17(31)14(9-13)19(34)7-10-1-2-12(30)8-18(10)32/h1-6,8-9,20-21H,7H2,(H,33,35). The normalized spacial score (nSPS) is 18.3. The first kappa shape index (κ1) is 26.1. The molecular weight excluding hydrogens is 569 g/mol. The SMILES string of the molecule is O=C(Cc1ccc(F)cc1F)c1cc(NC(=O)C2C(c3cc(Cl)c(Cl)c(Cl)c3)C2(Cl)Cl)ccc1F. The summed E-state index contributed by atoms with van der Waals surface area (Å²) in [6, 6.07) is 9.11. The minimum Gasteiger partial charge on any atom is -0.326 e. The van der Waals surface area contributed by atoms with E-state index in [9.17, 15) is 22.8 Å². The van der Waals surface area contributed by atoms with Gasteiger partial charge in [-0.15, -0.1) is 23.2 Å². The molecule has 0 aromatic heterocycles. The van der Waals surface area contributed by atoms with Gasteiger partial charge in [0, 0.05) is 24.1 Å². The second-order valence-corrected chi connectivity index (χ2v) is 10.6. The summed E-state index contributed by atoms with van der Waals surface area (Å²) in [7, 11) is 0. The van der Waals surface area contributed by atoms with E-state index < -0.39 is 51.7 Å². The zero-order valence-electron chi connectivity index (χ0n) is 17.3. The predicted octanol–water partition coefficient (Wildman–Crippen LogP) is 8.02. The number of carbonyl (C=O) groups excluding carboxylic acids is 2. The maximum absolute atomic E-state index is 14.3. The van der Waals surface area contributed by atoms with Gasteiger partial charge in [-0.25, -0.2) is 13.2 Å². The molecule has 182 valence electrons. The molecule has 11 heteroatoms. The third-order valence-electron chi connectivity index (χ3n) is 5.60. The lowest BCUT2D eigenvalue weighted by Crippen LogP contribution is -2.18. The van der Waals surface area contributed by atoms with Crippen LogP contribution in [0.2, 0.25) is 15.1 Å². The Balaban J connectivity index is 1.52. The molecular formula is C24H13Cl5F3NO2. The molecule has 0 saturated heterocycles. The van der Waals surface area contributed by atoms with Crippen LogP contribution in [-0.2, 0) is 11.2 Å². The highest BCUT2D eigenvalue weighted by atomic mass is 35.5. The summed E-state index contributed by atoms with van der Waals surface area (Å²) >= 11 is 30.8. The van der Waals surface area contributed by atoms with Crippen LogP contribution < -0.4 is 5.32 Å². The van der Waals surface area contributed by atoms with Crippen LogP contribution in [-0.4, -0.2) is 16.0 Å². The first-order chi connectivity index (χ1) is 16.4. The zero-order valence-corrected chi connectivity index (χ0v) is 21.1. The van der Waals surface area contributed by atoms with E-state index in [2.05, 4.69) is 5.32 Å². The maximum Gasteiger partial charge on any atom is 0.231 e. The predicted molar refractivity (Wildman–Crippen MR) is 132 cm³/mol. The molecule has 1 amide bonds. The highest BCUT2D eigenvalue weighted by molar-refractivity contribution is 6.54. The molecule has 1 saturated carbocycles. The summed E-state index contributed by atoms with van der Waals surface area (Å²) in [5, 5.41) is 3.05. The molecule has 0 bridgehead atoms. The third kappa shape index (κ3) is 5.27. The Labute approximate surface area is 223 Å². The van der Waals surface area contributed by atoms with Gasteiger partial charge in [0.15, 0.2) is 5.78 Å². The summed E-state index contributed by atoms with van der Waals surface area (Å²) in [6.45, 7) is 0. The number of anilines is 1. The van der Waals surface area contributed by atoms with Crippen molar-refractivity contribution in [2.24, 2.45) is 5.92 Å². The molecule has 0 radical (unpaired) electrons. The van der Waals surface area contributed by atoms with Crippen molar-refractivity contribution in [2.75, 3.05) is 5.32 Å². The molecule has 1 aliphatic carbocycles. The van der Waals surface area contributed by atoms with Gasteiger partial charge < -0.3 is 5.32 Å². The smallest absolute Gasteiger partial charge is 0.231 e. The van der Waals surface area contributed by atoms with Crippen LogP contribution in [0.1, 0.15) is 27.4 Å². The number of alkyl halides is 2. The molecule has 35 heavy (non-hydrogen) atoms. The molecule has 3 nitrogen and oxygen atoms in total. The Hall–Kier alpha value is -1.96. The van der Waals surface area contributed by atoms with Gasteiger partial charge in [-0.05, 0) is 47.5 Å². The number of amides is 1. The Morgan fingerprint density at radius 3 is 2.17 bits per heavy atom. The number of hydrogen-bond acceptors (Lipinski definition) is 2. The largest absolute Gasteiger partial charge is 0.326 e. The van der Waals surface area contributed by atoms with Crippen LogP contribution in [0.25, 0.3) is 0 Å². The zero-order chi connectivity index (χ0) is 25.7. The number of benzene rings is 3. The van der Waals surface area contributed by atoms with Crippen LogP contribution in [0.4, 0.5) is 18.9 Å². The van der Waals surface area contributed by atoms with Gasteiger partial charge in [0.25, 0.3) is 0 Å². The summed E-state index contributed by atoms with van der Waals surface area (Å²) in [6.07, 6.45) is -0.504. The molecule has 1 N–H and O–H groups in total. The van der Waals surface area contributed by atoms with E-state index >= 15 is 0 Å². The van der Waals surface area contributed by atoms with Crippen molar-refractivity contribution in [1.82, 2.24) is 0 Å². The van der Waals surface area contributed by atoms with E-state index in [1.807, 2.05) is 0 Å². The van der Waals surface area contributed by atoms with Crippen LogP contribution >= 0.6 is 58.0 Å². The van der Waals surface area contributed by atoms with Crippen LogP contribution in [0.3, 0.4) is 0 Å². The molecule has 4 rings (SSSR count). The van der Waals surface area contributed by atoms with Gasteiger partial charge >= 0.3 is 0 Å². The fourth-order valence-electron chi connectivity index (χ4n) is 3.79. The van der Waals surface area contributed by atoms with E-state index in [0.717, 1.165) is 24.3 Å². The first-order valence-corrected chi connectivity index (χ1v) is 11.9. The summed E-state index contributed by atoms with van der Waals surface area (Å²) in [5.74, 6) is -5.50. The van der Waals surface area contributed by atoms with Gasteiger partial charge in [-0.2, -0.15) is 0 Å². The van der Waals surface area contributed by atoms with Crippen molar-refractivity contribution in [2.45, 2.75) is 16.7 Å². The molecule has 2 atom stereocenters. The molecule has 0 heterocycles. The van der Waals surface area contributed by atoms with E-state index in [1.165, 1.54) is 18.2 Å². The Bertz CT molecular complexity index is 1340. The van der Waals surface area contributed by atoms with E-state index in [0.29, 0.717) is 11.6 Å². The quantitative estimate of drug-likeness (QED) is 0.182. The van der Waals surface area contributed by atoms with E-state index in [1.54, 1.807) is 0 Å². The maximum atomic E-state index is 14.3. The van der Waals surface area contributed by atoms with Crippen molar-refractivity contribution in [3.8, 4) is 0 Å². The molecule has 3 aromatic rings. The highest BCUT2D eigenvalue weighted by Crippen LogP contribution is 2.65. The Morgan fingerprint density at radius 1 is 0.886 bits per heavy atom. The number of ketones is 1. The molecule has 1 fully saturated rings. The van der Waals surface area contributed by atoms with Crippen molar-refractivity contribution in [1.29, 1.82) is 0 Å². The van der Waals surface area contributed by atoms with Gasteiger partial charge in [-0.1, -0.05) is 40.9 Å². The molecule has 3 aromatic carbocycles. The van der Waals surface area contributed by atoms with Crippen molar-refractivity contribution in [3.05, 3.63) is 97.7 Å². The lowest BCUT2D eigenvalue weighted by molar-refractivity contribution is -0.117. The monoisotopic (exact) mass is 579 g/mol. The highest BCUT2D eigenvalue weighted by Gasteiger charge is 2.67. The van der Waals surface area contributed by atoms with Crippen LogP contribution in [0.15, 0.2) is 48.5 Å². The van der Waals surface area contributed by atoms with Gasteiger partial charge in [0.2, 0.25) is 5.91 Å². The topological polar surface area (TPSA) is 46.2 Å². The van der Waals surface area contributed by atoms with E-state index in [-0.39, 0.29) is 31.9 Å². The average molecular weight is 582 g/mol. The number of halogens is 8. The summed E-state index contributed by atoms with van der Waals surface area (Å²) in [5.41, 5.74) is 0.130. The molecule has 0 spiro atoms. The first-order valence-electron chi connectivity index (χ1n) is 10.00. The number of hydrogen-bond donors (Lipinski definition) is 1. The average Bonchev–Trinajstić information content (AvgIpc) is 3.37. The van der Waals surface area contributed by atoms with Crippen molar-refractivity contribution < 1.29 is 22.8 Å². The van der Waals surface area contributed by atoms with Gasteiger partial charge in [-0.3, -0.25) is 9.59 Å². The third-order valence-corrected chi connectivity index (χ3v) is 7.74. The lowest BCUT2D eigenvalue weighted by Gasteiger charge is -2.09. The molecule has 1 aliphatic rings. The Morgan fingerprint density at radius 2 is 1.54 bits per heavy atom. The van der Waals surface area contributed by atoms with Crippen molar-refractivity contribution >= 4 is 75.4 Å². The molecule has 2 unspecified atom stereocenters. The number of carbonyl (C=O) groups is 2. The number of Topliss-reactive ketones (excluding diaryl/α,β-unsaturated/α-hetero) is 1. The minimum atomic E-state index is -1.47. The van der Waals surface area contributed by atoms with Gasteiger partial charge in [0.1, 0.15) is 21.8 Å². The van der Waals surface area contributed by atoms with Crippen LogP contribution in [0.5, 0.6) is 0 Å². The van der Waals surface area contributed by atoms with Gasteiger partial charge in [0.05, 0.1) is 26.5 Å². The second-order valence-electron chi connectivity index (χ2n) is 7.95. The lowest BCUT2D eigenvalue weighted by atomic mass is 10.0. The number of rotatable bonds is 6. The minimum absolute atomic E-state index is 0.0968. The fraction of sp³-hybridized carbons (Fsp3) is 0.167. The number of nitrogens with one attached hydrogen (secondary N) is 1. The molecule has 0 aliphatic heterocycles. The van der Waals surface area contributed by atoms with Crippen LogP contribution in [0, 0.1) is 23.4 Å². The summed E-state index contributed by atoms with van der Waals surface area (Å²) < 4.78 is 39.9. The van der Waals surface area contributed by atoms with Crippen molar-refractivity contribution in [3.63, 3.8) is 0 Å². The fourth-order valence-corrected chi connectivity index (χ4v) is 5.23.